The topological polar surface area (TPSA) is 73.2 Å². The van der Waals surface area contributed by atoms with Gasteiger partial charge in [-0.15, -0.1) is 0 Å². The highest BCUT2D eigenvalue weighted by Crippen LogP contribution is 2.08. The fourth-order valence-corrected chi connectivity index (χ4v) is 1.39. The van der Waals surface area contributed by atoms with Gasteiger partial charge in [0.2, 0.25) is 5.91 Å². The molecule has 0 aliphatic heterocycles. The number of amides is 1. The third-order valence-electron chi connectivity index (χ3n) is 2.32. The predicted octanol–water partition coefficient (Wildman–Crippen LogP) is 1.15. The van der Waals surface area contributed by atoms with Crippen LogP contribution in [0, 0.1) is 0 Å². The van der Waals surface area contributed by atoms with Gasteiger partial charge in [0.25, 0.3) is 0 Å². The van der Waals surface area contributed by atoms with E-state index in [0.717, 1.165) is 0 Å². The lowest BCUT2D eigenvalue weighted by Gasteiger charge is -2.14. The van der Waals surface area contributed by atoms with Gasteiger partial charge in [-0.3, -0.25) is 9.48 Å². The van der Waals surface area contributed by atoms with Crippen LogP contribution in [0.15, 0.2) is 12.4 Å². The van der Waals surface area contributed by atoms with Crippen molar-refractivity contribution < 1.29 is 14.3 Å². The number of esters is 1. The molecule has 1 aromatic rings. The lowest BCUT2D eigenvalue weighted by atomic mass is 10.3. The molecule has 0 aliphatic rings. The maximum absolute atomic E-state index is 11.8. The summed E-state index contributed by atoms with van der Waals surface area (Å²) in [7, 11) is 0. The van der Waals surface area contributed by atoms with Gasteiger partial charge in [0.15, 0.2) is 0 Å². The van der Waals surface area contributed by atoms with Crippen molar-refractivity contribution in [3.8, 4) is 0 Å². The maximum atomic E-state index is 11.8. The van der Waals surface area contributed by atoms with E-state index in [1.807, 2.05) is 13.8 Å². The fraction of sp³-hybridized carbons (Fsp3) is 0.583. The summed E-state index contributed by atoms with van der Waals surface area (Å²) in [5.74, 6) is -0.566. The number of hydrogen-bond acceptors (Lipinski definition) is 4. The molecule has 100 valence electrons. The van der Waals surface area contributed by atoms with Crippen LogP contribution in [0.4, 0.5) is 0 Å². The van der Waals surface area contributed by atoms with Gasteiger partial charge in [-0.25, -0.2) is 4.79 Å². The van der Waals surface area contributed by atoms with Crippen molar-refractivity contribution in [3.05, 3.63) is 18.0 Å². The summed E-state index contributed by atoms with van der Waals surface area (Å²) in [6.07, 6.45) is 2.92. The first-order valence-electron chi connectivity index (χ1n) is 5.97. The van der Waals surface area contributed by atoms with Gasteiger partial charge in [0.1, 0.15) is 6.04 Å². The Morgan fingerprint density at radius 3 is 2.67 bits per heavy atom. The standard InChI is InChI=1S/C12H19N3O3/c1-5-18-12(17)10-6-13-15(7-10)9(4)11(16)14-8(2)3/h6-9H,5H2,1-4H3,(H,14,16). The van der Waals surface area contributed by atoms with E-state index in [-0.39, 0.29) is 11.9 Å². The normalized spacial score (nSPS) is 12.3. The lowest BCUT2D eigenvalue weighted by molar-refractivity contribution is -0.124. The van der Waals surface area contributed by atoms with Gasteiger partial charge >= 0.3 is 5.97 Å². The zero-order chi connectivity index (χ0) is 13.7. The molecule has 18 heavy (non-hydrogen) atoms. The monoisotopic (exact) mass is 253 g/mol. The largest absolute Gasteiger partial charge is 0.462 e. The van der Waals surface area contributed by atoms with Crippen molar-refractivity contribution in [2.24, 2.45) is 0 Å². The Balaban J connectivity index is 2.73. The highest BCUT2D eigenvalue weighted by atomic mass is 16.5. The Hall–Kier alpha value is -1.85. The molecule has 6 nitrogen and oxygen atoms in total. The molecule has 1 amide bonds. The molecule has 0 bridgehead atoms. The maximum Gasteiger partial charge on any atom is 0.341 e. The van der Waals surface area contributed by atoms with Crippen molar-refractivity contribution in [2.45, 2.75) is 39.8 Å². The molecule has 0 saturated carbocycles. The molecule has 0 fully saturated rings. The van der Waals surface area contributed by atoms with Crippen molar-refractivity contribution in [1.29, 1.82) is 0 Å². The molecule has 0 aromatic carbocycles. The van der Waals surface area contributed by atoms with E-state index >= 15 is 0 Å². The molecule has 6 heteroatoms. The van der Waals surface area contributed by atoms with Crippen LogP contribution >= 0.6 is 0 Å². The first kappa shape index (κ1) is 14.2. The van der Waals surface area contributed by atoms with Gasteiger partial charge in [-0.1, -0.05) is 0 Å². The van der Waals surface area contributed by atoms with E-state index in [9.17, 15) is 9.59 Å². The Bertz CT molecular complexity index is 426. The Kier molecular flexibility index (Phi) is 4.88. The SMILES string of the molecule is CCOC(=O)c1cnn(C(C)C(=O)NC(C)C)c1. The Labute approximate surface area is 106 Å². The number of carbonyl (C=O) groups is 2. The molecule has 0 aliphatic carbocycles. The number of rotatable bonds is 5. The summed E-state index contributed by atoms with van der Waals surface area (Å²) in [4.78, 5) is 23.2. The van der Waals surface area contributed by atoms with Crippen molar-refractivity contribution >= 4 is 11.9 Å². The van der Waals surface area contributed by atoms with E-state index in [1.54, 1.807) is 13.8 Å². The summed E-state index contributed by atoms with van der Waals surface area (Å²) in [6, 6.07) is -0.393. The minimum Gasteiger partial charge on any atom is -0.462 e. The zero-order valence-corrected chi connectivity index (χ0v) is 11.1. The van der Waals surface area contributed by atoms with Crippen LogP contribution < -0.4 is 5.32 Å². The average Bonchev–Trinajstić information content (AvgIpc) is 2.76. The van der Waals surface area contributed by atoms with E-state index in [1.165, 1.54) is 17.1 Å². The number of nitrogens with one attached hydrogen (secondary N) is 1. The van der Waals surface area contributed by atoms with Gasteiger partial charge < -0.3 is 10.1 Å². The van der Waals surface area contributed by atoms with Gasteiger partial charge in [-0.2, -0.15) is 5.10 Å². The number of aromatic nitrogens is 2. The second kappa shape index (κ2) is 6.18. The minimum atomic E-state index is -0.462. The molecule has 1 N–H and O–H groups in total. The van der Waals surface area contributed by atoms with Crippen LogP contribution in [0.5, 0.6) is 0 Å². The molecule has 1 aromatic heterocycles. The number of nitrogens with zero attached hydrogens (tertiary/aromatic N) is 2. The van der Waals surface area contributed by atoms with Crippen LogP contribution in [-0.2, 0) is 9.53 Å². The molecule has 0 spiro atoms. The minimum absolute atomic E-state index is 0.0695. The van der Waals surface area contributed by atoms with Crippen molar-refractivity contribution in [3.63, 3.8) is 0 Å². The zero-order valence-electron chi connectivity index (χ0n) is 11.1. The summed E-state index contributed by atoms with van der Waals surface area (Å²) in [5, 5.41) is 6.79. The van der Waals surface area contributed by atoms with E-state index in [4.69, 9.17) is 4.74 Å². The van der Waals surface area contributed by atoms with Crippen LogP contribution in [0.2, 0.25) is 0 Å². The summed E-state index contributed by atoms with van der Waals surface area (Å²) >= 11 is 0. The van der Waals surface area contributed by atoms with Crippen molar-refractivity contribution in [1.82, 2.24) is 15.1 Å². The third kappa shape index (κ3) is 3.58. The summed E-state index contributed by atoms with van der Waals surface area (Å²) in [5.41, 5.74) is 0.348. The number of carbonyl (C=O) groups excluding carboxylic acids is 2. The molecule has 0 saturated heterocycles. The highest BCUT2D eigenvalue weighted by molar-refractivity contribution is 5.89. The third-order valence-corrected chi connectivity index (χ3v) is 2.32. The summed E-state index contributed by atoms with van der Waals surface area (Å²) < 4.78 is 6.30. The van der Waals surface area contributed by atoms with E-state index in [2.05, 4.69) is 10.4 Å². The summed E-state index contributed by atoms with van der Waals surface area (Å²) in [6.45, 7) is 7.55. The molecule has 1 heterocycles. The van der Waals surface area contributed by atoms with E-state index < -0.39 is 12.0 Å². The Morgan fingerprint density at radius 2 is 2.11 bits per heavy atom. The predicted molar refractivity (Wildman–Crippen MR) is 66.2 cm³/mol. The van der Waals surface area contributed by atoms with Gasteiger partial charge in [0.05, 0.1) is 18.4 Å². The molecular weight excluding hydrogens is 234 g/mol. The van der Waals surface area contributed by atoms with Gasteiger partial charge in [0, 0.05) is 12.2 Å². The van der Waals surface area contributed by atoms with Crippen molar-refractivity contribution in [2.75, 3.05) is 6.61 Å². The van der Waals surface area contributed by atoms with Gasteiger partial charge in [-0.05, 0) is 27.7 Å². The molecule has 1 rings (SSSR count). The fourth-order valence-electron chi connectivity index (χ4n) is 1.39. The second-order valence-corrected chi connectivity index (χ2v) is 4.27. The molecule has 1 atom stereocenters. The second-order valence-electron chi connectivity index (χ2n) is 4.27. The van der Waals surface area contributed by atoms with Crippen LogP contribution in [0.25, 0.3) is 0 Å². The lowest BCUT2D eigenvalue weighted by Crippen LogP contribution is -2.35. The van der Waals surface area contributed by atoms with E-state index in [0.29, 0.717) is 12.2 Å². The first-order chi connectivity index (χ1) is 8.45. The first-order valence-corrected chi connectivity index (χ1v) is 5.97. The average molecular weight is 253 g/mol. The molecular formula is C12H19N3O3. The Morgan fingerprint density at radius 1 is 1.44 bits per heavy atom. The van der Waals surface area contributed by atoms with Crippen LogP contribution in [-0.4, -0.2) is 34.3 Å². The number of ether oxygens (including phenoxy) is 1. The van der Waals surface area contributed by atoms with Crippen LogP contribution in [0.1, 0.15) is 44.1 Å². The molecule has 0 radical (unpaired) electrons. The highest BCUT2D eigenvalue weighted by Gasteiger charge is 2.18. The quantitative estimate of drug-likeness (QED) is 0.799. The smallest absolute Gasteiger partial charge is 0.341 e. The van der Waals surface area contributed by atoms with Crippen LogP contribution in [0.3, 0.4) is 0 Å². The number of hydrogen-bond donors (Lipinski definition) is 1. The molecule has 1 unspecified atom stereocenters.